The molecule has 0 atom stereocenters. The molecule has 2 heterocycles. The van der Waals surface area contributed by atoms with Crippen molar-refractivity contribution in [2.75, 3.05) is 5.32 Å². The van der Waals surface area contributed by atoms with Crippen molar-refractivity contribution < 1.29 is 14.6 Å². The van der Waals surface area contributed by atoms with Crippen LogP contribution in [0.5, 0.6) is 11.8 Å². The van der Waals surface area contributed by atoms with Gasteiger partial charge in [0.2, 0.25) is 5.95 Å². The zero-order valence-electron chi connectivity index (χ0n) is 19.0. The van der Waals surface area contributed by atoms with E-state index in [4.69, 9.17) is 9.84 Å². The zero-order valence-corrected chi connectivity index (χ0v) is 19.0. The smallest absolute Gasteiger partial charge is 0.354 e. The molecule has 35 heavy (non-hydrogen) atoms. The van der Waals surface area contributed by atoms with Crippen LogP contribution in [0.4, 0.5) is 11.6 Å². The van der Waals surface area contributed by atoms with Crippen LogP contribution in [0.25, 0.3) is 0 Å². The molecule has 2 N–H and O–H groups in total. The lowest BCUT2D eigenvalue weighted by Crippen LogP contribution is -2.42. The van der Waals surface area contributed by atoms with Crippen LogP contribution >= 0.6 is 0 Å². The summed E-state index contributed by atoms with van der Waals surface area (Å²) >= 11 is 0. The molecule has 11 nitrogen and oxygen atoms in total. The molecule has 0 radical (unpaired) electrons. The van der Waals surface area contributed by atoms with E-state index in [1.807, 2.05) is 31.2 Å². The second-order valence-corrected chi connectivity index (χ2v) is 7.60. The van der Waals surface area contributed by atoms with Gasteiger partial charge in [0.05, 0.1) is 6.54 Å². The van der Waals surface area contributed by atoms with Crippen LogP contribution in [0, 0.1) is 6.92 Å². The van der Waals surface area contributed by atoms with Gasteiger partial charge in [-0.05, 0) is 49.7 Å². The van der Waals surface area contributed by atoms with Gasteiger partial charge in [-0.2, -0.15) is 9.97 Å². The Kier molecular flexibility index (Phi) is 6.67. The van der Waals surface area contributed by atoms with E-state index in [-0.39, 0.29) is 30.7 Å². The predicted molar refractivity (Wildman–Crippen MR) is 128 cm³/mol. The number of aromatic nitrogens is 5. The molecule has 2 aromatic carbocycles. The predicted octanol–water partition coefficient (Wildman–Crippen LogP) is 2.81. The molecule has 0 saturated carbocycles. The Morgan fingerprint density at radius 2 is 1.71 bits per heavy atom. The number of hydrogen-bond donors (Lipinski definition) is 2. The Bertz CT molecular complexity index is 1480. The first-order valence-electron chi connectivity index (χ1n) is 10.7. The zero-order chi connectivity index (χ0) is 24.9. The number of carbonyl (C=O) groups is 1. The average Bonchev–Trinajstić information content (AvgIpc) is 2.84. The summed E-state index contributed by atoms with van der Waals surface area (Å²) in [6, 6.07) is 15.4. The van der Waals surface area contributed by atoms with Crippen molar-refractivity contribution in [3.63, 3.8) is 0 Å². The molecule has 4 rings (SSSR count). The van der Waals surface area contributed by atoms with E-state index in [0.717, 1.165) is 15.7 Å². The quantitative estimate of drug-likeness (QED) is 0.394. The molecule has 0 aliphatic rings. The van der Waals surface area contributed by atoms with E-state index < -0.39 is 17.3 Å². The molecule has 0 aliphatic heterocycles. The maximum absolute atomic E-state index is 13.0. The Morgan fingerprint density at radius 3 is 2.37 bits per heavy atom. The fourth-order valence-electron chi connectivity index (χ4n) is 3.26. The Morgan fingerprint density at radius 1 is 1.00 bits per heavy atom. The lowest BCUT2D eigenvalue weighted by Gasteiger charge is -2.15. The molecule has 0 bridgehead atoms. The van der Waals surface area contributed by atoms with E-state index in [0.29, 0.717) is 11.4 Å². The first kappa shape index (κ1) is 23.4. The number of rotatable bonds is 8. The minimum Gasteiger partial charge on any atom is -0.477 e. The highest BCUT2D eigenvalue weighted by molar-refractivity contribution is 5.85. The summed E-state index contributed by atoms with van der Waals surface area (Å²) in [7, 11) is 0. The number of benzene rings is 2. The number of carboxylic acid groups (broad SMARTS) is 1. The fraction of sp³-hybridized carbons (Fsp3) is 0.167. The maximum Gasteiger partial charge on any atom is 0.354 e. The lowest BCUT2D eigenvalue weighted by molar-refractivity contribution is 0.0689. The van der Waals surface area contributed by atoms with Crippen molar-refractivity contribution in [3.05, 3.63) is 98.6 Å². The van der Waals surface area contributed by atoms with E-state index in [1.165, 1.54) is 16.8 Å². The Balaban J connectivity index is 1.60. The molecule has 0 aliphatic carbocycles. The topological polar surface area (TPSA) is 141 Å². The standard InChI is InChI=1S/C24H22N6O5/c1-3-29-23(33)28-21(30(24(29)34)14-16-6-4-15(2)5-7-16)26-17-8-10-18(11-9-17)35-22-25-13-12-19(27-22)20(31)32/h4-13H,3,14H2,1-2H3,(H,31,32)(H,26,28,33). The molecular weight excluding hydrogens is 452 g/mol. The highest BCUT2D eigenvalue weighted by Crippen LogP contribution is 2.22. The van der Waals surface area contributed by atoms with Gasteiger partial charge in [-0.1, -0.05) is 29.8 Å². The minimum absolute atomic E-state index is 0.108. The van der Waals surface area contributed by atoms with Crippen molar-refractivity contribution >= 4 is 17.6 Å². The number of nitrogens with one attached hydrogen (secondary N) is 1. The van der Waals surface area contributed by atoms with Gasteiger partial charge in [0.15, 0.2) is 5.69 Å². The third-order valence-corrected chi connectivity index (χ3v) is 5.10. The Labute approximate surface area is 199 Å². The summed E-state index contributed by atoms with van der Waals surface area (Å²) in [6.45, 7) is 4.12. The first-order chi connectivity index (χ1) is 16.8. The molecular formula is C24H22N6O5. The van der Waals surface area contributed by atoms with Crippen LogP contribution in [0.1, 0.15) is 28.5 Å². The van der Waals surface area contributed by atoms with Crippen molar-refractivity contribution in [1.82, 2.24) is 24.1 Å². The van der Waals surface area contributed by atoms with Gasteiger partial charge in [-0.25, -0.2) is 23.9 Å². The molecule has 11 heteroatoms. The monoisotopic (exact) mass is 474 g/mol. The summed E-state index contributed by atoms with van der Waals surface area (Å²) in [5.74, 6) is -0.716. The largest absolute Gasteiger partial charge is 0.477 e. The fourth-order valence-corrected chi connectivity index (χ4v) is 3.26. The first-order valence-corrected chi connectivity index (χ1v) is 10.7. The highest BCUT2D eigenvalue weighted by Gasteiger charge is 2.14. The normalized spacial score (nSPS) is 10.7. The van der Waals surface area contributed by atoms with E-state index >= 15 is 0 Å². The molecule has 2 aromatic heterocycles. The van der Waals surface area contributed by atoms with Crippen molar-refractivity contribution in [3.8, 4) is 11.8 Å². The van der Waals surface area contributed by atoms with Crippen LogP contribution in [-0.2, 0) is 13.1 Å². The third-order valence-electron chi connectivity index (χ3n) is 5.10. The molecule has 0 amide bonds. The van der Waals surface area contributed by atoms with Crippen LogP contribution < -0.4 is 21.4 Å². The van der Waals surface area contributed by atoms with Gasteiger partial charge in [-0.3, -0.25) is 4.57 Å². The van der Waals surface area contributed by atoms with Gasteiger partial charge < -0.3 is 15.2 Å². The van der Waals surface area contributed by atoms with Gasteiger partial charge in [-0.15, -0.1) is 0 Å². The number of carboxylic acids is 1. The number of anilines is 2. The minimum atomic E-state index is -1.19. The second-order valence-electron chi connectivity index (χ2n) is 7.60. The second kappa shape index (κ2) is 10.00. The van der Waals surface area contributed by atoms with Crippen LogP contribution in [0.15, 0.2) is 70.4 Å². The Hall–Kier alpha value is -4.80. The van der Waals surface area contributed by atoms with Crippen molar-refractivity contribution in [2.24, 2.45) is 0 Å². The number of aryl methyl sites for hydroxylation is 1. The number of aromatic carboxylic acids is 1. The molecule has 0 unspecified atom stereocenters. The molecule has 4 aromatic rings. The number of hydrogen-bond acceptors (Lipinski definition) is 8. The molecule has 178 valence electrons. The molecule has 0 fully saturated rings. The van der Waals surface area contributed by atoms with Crippen LogP contribution in [0.3, 0.4) is 0 Å². The summed E-state index contributed by atoms with van der Waals surface area (Å²) < 4.78 is 8.00. The van der Waals surface area contributed by atoms with Crippen LogP contribution in [-0.4, -0.2) is 35.2 Å². The SMILES string of the molecule is CCn1c(=O)nc(Nc2ccc(Oc3nccc(C(=O)O)n3)cc2)n(Cc2ccc(C)cc2)c1=O. The summed E-state index contributed by atoms with van der Waals surface area (Å²) in [4.78, 5) is 48.3. The number of nitrogens with zero attached hydrogens (tertiary/aromatic N) is 5. The van der Waals surface area contributed by atoms with Gasteiger partial charge >= 0.3 is 23.4 Å². The van der Waals surface area contributed by atoms with Gasteiger partial charge in [0.1, 0.15) is 5.75 Å². The van der Waals surface area contributed by atoms with Gasteiger partial charge in [0.25, 0.3) is 0 Å². The summed E-state index contributed by atoms with van der Waals surface area (Å²) in [5, 5.41) is 12.1. The van der Waals surface area contributed by atoms with Gasteiger partial charge in [0, 0.05) is 18.4 Å². The summed E-state index contributed by atoms with van der Waals surface area (Å²) in [6.07, 6.45) is 1.29. The molecule has 0 spiro atoms. The van der Waals surface area contributed by atoms with Crippen LogP contribution in [0.2, 0.25) is 0 Å². The third kappa shape index (κ3) is 5.41. The highest BCUT2D eigenvalue weighted by atomic mass is 16.5. The summed E-state index contributed by atoms with van der Waals surface area (Å²) in [5.41, 5.74) is 1.24. The van der Waals surface area contributed by atoms with E-state index in [1.54, 1.807) is 31.2 Å². The van der Waals surface area contributed by atoms with Crippen molar-refractivity contribution in [1.29, 1.82) is 0 Å². The maximum atomic E-state index is 13.0. The lowest BCUT2D eigenvalue weighted by atomic mass is 10.1. The van der Waals surface area contributed by atoms with E-state index in [9.17, 15) is 14.4 Å². The van der Waals surface area contributed by atoms with Crippen molar-refractivity contribution in [2.45, 2.75) is 26.9 Å². The number of ether oxygens (including phenoxy) is 1. The average molecular weight is 474 g/mol. The molecule has 0 saturated heterocycles. The van der Waals surface area contributed by atoms with E-state index in [2.05, 4.69) is 20.3 Å².